The standard InChI is InChI=1S/C20H24N2O5/c1-12-10-14(13-4-2-5-13)27-19(25)17(12)18(24)21-8-6-20-15(21)11-16(23)22(20)7-3-9-26-20/h10,13,15H,2-9,11H2,1H3/t15-,20+/m1/s1. The van der Waals surface area contributed by atoms with E-state index in [2.05, 4.69) is 0 Å². The summed E-state index contributed by atoms with van der Waals surface area (Å²) >= 11 is 0. The fourth-order valence-electron chi connectivity index (χ4n) is 5.12. The monoisotopic (exact) mass is 372 g/mol. The van der Waals surface area contributed by atoms with Crippen molar-refractivity contribution >= 4 is 11.8 Å². The van der Waals surface area contributed by atoms with Crippen LogP contribution in [-0.2, 0) is 9.53 Å². The average Bonchev–Trinajstić information content (AvgIpc) is 3.05. The minimum atomic E-state index is -0.703. The van der Waals surface area contributed by atoms with Gasteiger partial charge in [-0.25, -0.2) is 4.79 Å². The molecule has 27 heavy (non-hydrogen) atoms. The number of carbonyl (C=O) groups excluding carboxylic acids is 2. The van der Waals surface area contributed by atoms with Gasteiger partial charge in [0.1, 0.15) is 11.3 Å². The van der Waals surface area contributed by atoms with E-state index in [1.54, 1.807) is 16.7 Å². The van der Waals surface area contributed by atoms with E-state index in [-0.39, 0.29) is 29.8 Å². The van der Waals surface area contributed by atoms with Crippen LogP contribution in [0.2, 0.25) is 0 Å². The Morgan fingerprint density at radius 1 is 1.22 bits per heavy atom. The molecule has 0 unspecified atom stereocenters. The lowest BCUT2D eigenvalue weighted by Gasteiger charge is -2.42. The van der Waals surface area contributed by atoms with Gasteiger partial charge < -0.3 is 19.0 Å². The van der Waals surface area contributed by atoms with Crippen molar-refractivity contribution in [1.82, 2.24) is 9.80 Å². The second-order valence-corrected chi connectivity index (χ2v) is 8.18. The number of hydrogen-bond acceptors (Lipinski definition) is 5. The molecule has 0 radical (unpaired) electrons. The predicted octanol–water partition coefficient (Wildman–Crippen LogP) is 1.78. The molecular formula is C20H24N2O5. The van der Waals surface area contributed by atoms with Gasteiger partial charge in [0.25, 0.3) is 5.91 Å². The van der Waals surface area contributed by atoms with Crippen LogP contribution in [0.5, 0.6) is 0 Å². The van der Waals surface area contributed by atoms with Gasteiger partial charge in [-0.1, -0.05) is 6.42 Å². The lowest BCUT2D eigenvalue weighted by Crippen LogP contribution is -2.56. The summed E-state index contributed by atoms with van der Waals surface area (Å²) in [6.07, 6.45) is 4.88. The van der Waals surface area contributed by atoms with Gasteiger partial charge in [-0.2, -0.15) is 0 Å². The first-order chi connectivity index (χ1) is 13.0. The van der Waals surface area contributed by atoms with Crippen LogP contribution < -0.4 is 5.63 Å². The molecule has 0 aromatic carbocycles. The number of nitrogens with zero attached hydrogens (tertiary/aromatic N) is 2. The summed E-state index contributed by atoms with van der Waals surface area (Å²) in [5.41, 5.74) is -0.513. The fraction of sp³-hybridized carbons (Fsp3) is 0.650. The molecule has 1 spiro atoms. The van der Waals surface area contributed by atoms with E-state index in [0.717, 1.165) is 25.7 Å². The minimum absolute atomic E-state index is 0.0290. The van der Waals surface area contributed by atoms with Crippen LogP contribution in [0.1, 0.15) is 66.1 Å². The Morgan fingerprint density at radius 2 is 2.04 bits per heavy atom. The number of likely N-dealkylation sites (tertiary alicyclic amines) is 1. The molecule has 2 amide bonds. The molecule has 1 aromatic heterocycles. The van der Waals surface area contributed by atoms with E-state index < -0.39 is 11.4 Å². The normalized spacial score (nSPS) is 30.3. The van der Waals surface area contributed by atoms with Crippen LogP contribution in [0.25, 0.3) is 0 Å². The van der Waals surface area contributed by atoms with E-state index in [1.807, 2.05) is 6.07 Å². The summed E-state index contributed by atoms with van der Waals surface area (Å²) in [5.74, 6) is 0.677. The lowest BCUT2D eigenvalue weighted by molar-refractivity contribution is -0.179. The number of hydrogen-bond donors (Lipinski definition) is 0. The number of amides is 2. The Balaban J connectivity index is 1.47. The molecule has 4 aliphatic rings. The molecule has 3 aliphatic heterocycles. The smallest absolute Gasteiger partial charge is 0.349 e. The van der Waals surface area contributed by atoms with E-state index in [0.29, 0.717) is 43.4 Å². The van der Waals surface area contributed by atoms with E-state index in [4.69, 9.17) is 9.15 Å². The summed E-state index contributed by atoms with van der Waals surface area (Å²) < 4.78 is 11.5. The quantitative estimate of drug-likeness (QED) is 0.791. The Bertz CT molecular complexity index is 874. The van der Waals surface area contributed by atoms with Crippen LogP contribution in [0.4, 0.5) is 0 Å². The zero-order valence-corrected chi connectivity index (χ0v) is 15.5. The van der Waals surface area contributed by atoms with Gasteiger partial charge in [-0.15, -0.1) is 0 Å². The van der Waals surface area contributed by atoms with Crippen molar-refractivity contribution in [3.05, 3.63) is 33.4 Å². The topological polar surface area (TPSA) is 80.1 Å². The highest BCUT2D eigenvalue weighted by atomic mass is 16.5. The SMILES string of the molecule is Cc1cc(C2CCC2)oc(=O)c1C(=O)N1CC[C@@]23OCCCN2C(=O)C[C@@H]13. The van der Waals surface area contributed by atoms with Crippen LogP contribution in [0.15, 0.2) is 15.3 Å². The Kier molecular flexibility index (Phi) is 3.73. The highest BCUT2D eigenvalue weighted by Crippen LogP contribution is 2.45. The van der Waals surface area contributed by atoms with E-state index in [1.165, 1.54) is 0 Å². The third kappa shape index (κ3) is 2.33. The molecule has 7 heteroatoms. The number of rotatable bonds is 2. The van der Waals surface area contributed by atoms with Crippen molar-refractivity contribution in [2.24, 2.45) is 0 Å². The molecule has 3 saturated heterocycles. The first-order valence-electron chi connectivity index (χ1n) is 9.91. The Morgan fingerprint density at radius 3 is 2.74 bits per heavy atom. The van der Waals surface area contributed by atoms with Gasteiger partial charge in [0.2, 0.25) is 5.91 Å². The van der Waals surface area contributed by atoms with Crippen LogP contribution in [0.3, 0.4) is 0 Å². The molecule has 1 saturated carbocycles. The van der Waals surface area contributed by atoms with E-state index >= 15 is 0 Å². The summed E-state index contributed by atoms with van der Waals surface area (Å²) in [5, 5.41) is 0. The molecule has 144 valence electrons. The highest BCUT2D eigenvalue weighted by Gasteiger charge is 2.61. The molecule has 4 heterocycles. The third-order valence-electron chi connectivity index (χ3n) is 6.76. The third-order valence-corrected chi connectivity index (χ3v) is 6.76. The number of carbonyl (C=O) groups is 2. The molecular weight excluding hydrogens is 348 g/mol. The maximum absolute atomic E-state index is 13.3. The maximum Gasteiger partial charge on any atom is 0.349 e. The van der Waals surface area contributed by atoms with Gasteiger partial charge in [-0.3, -0.25) is 9.59 Å². The van der Waals surface area contributed by atoms with Crippen molar-refractivity contribution in [3.63, 3.8) is 0 Å². The van der Waals surface area contributed by atoms with Crippen LogP contribution in [-0.4, -0.2) is 53.1 Å². The predicted molar refractivity (Wildman–Crippen MR) is 95.4 cm³/mol. The van der Waals surface area contributed by atoms with Gasteiger partial charge in [0.05, 0.1) is 19.1 Å². The van der Waals surface area contributed by atoms with Gasteiger partial charge in [0, 0.05) is 25.4 Å². The molecule has 1 aromatic rings. The first kappa shape index (κ1) is 17.0. The van der Waals surface area contributed by atoms with Crippen LogP contribution >= 0.6 is 0 Å². The highest BCUT2D eigenvalue weighted by molar-refractivity contribution is 5.96. The van der Waals surface area contributed by atoms with Crippen LogP contribution in [0, 0.1) is 6.92 Å². The Labute approximate surface area is 157 Å². The van der Waals surface area contributed by atoms with Crippen molar-refractivity contribution < 1.29 is 18.7 Å². The molecule has 7 nitrogen and oxygen atoms in total. The summed E-state index contributed by atoms with van der Waals surface area (Å²) in [6.45, 7) is 3.55. The van der Waals surface area contributed by atoms with Crippen molar-refractivity contribution in [2.45, 2.75) is 63.1 Å². The zero-order chi connectivity index (χ0) is 18.8. The minimum Gasteiger partial charge on any atom is -0.427 e. The Hall–Kier alpha value is -2.15. The molecule has 4 fully saturated rings. The molecule has 1 aliphatic carbocycles. The largest absolute Gasteiger partial charge is 0.427 e. The summed E-state index contributed by atoms with van der Waals surface area (Å²) in [6, 6.07) is 1.51. The summed E-state index contributed by atoms with van der Waals surface area (Å²) in [4.78, 5) is 41.8. The van der Waals surface area contributed by atoms with Crippen molar-refractivity contribution in [1.29, 1.82) is 0 Å². The van der Waals surface area contributed by atoms with Gasteiger partial charge >= 0.3 is 5.63 Å². The zero-order valence-electron chi connectivity index (χ0n) is 15.5. The van der Waals surface area contributed by atoms with Crippen molar-refractivity contribution in [3.8, 4) is 0 Å². The average molecular weight is 372 g/mol. The number of aryl methyl sites for hydroxylation is 1. The second kappa shape index (κ2) is 5.92. The van der Waals surface area contributed by atoms with E-state index in [9.17, 15) is 14.4 Å². The molecule has 0 N–H and O–H groups in total. The van der Waals surface area contributed by atoms with Crippen molar-refractivity contribution in [2.75, 3.05) is 19.7 Å². The lowest BCUT2D eigenvalue weighted by atomic mass is 9.83. The summed E-state index contributed by atoms with van der Waals surface area (Å²) in [7, 11) is 0. The maximum atomic E-state index is 13.3. The first-order valence-corrected chi connectivity index (χ1v) is 9.91. The fourth-order valence-corrected chi connectivity index (χ4v) is 5.12. The molecule has 2 atom stereocenters. The molecule has 0 bridgehead atoms. The molecule has 5 rings (SSSR count). The number of ether oxygens (including phenoxy) is 1. The van der Waals surface area contributed by atoms with Gasteiger partial charge in [0.15, 0.2) is 5.72 Å². The second-order valence-electron chi connectivity index (χ2n) is 8.18. The van der Waals surface area contributed by atoms with Gasteiger partial charge in [-0.05, 0) is 37.8 Å².